The van der Waals surface area contributed by atoms with Gasteiger partial charge in [0.25, 0.3) is 0 Å². The van der Waals surface area contributed by atoms with Gasteiger partial charge in [0.05, 0.1) is 13.2 Å². The maximum absolute atomic E-state index is 11.4. The van der Waals surface area contributed by atoms with Gasteiger partial charge in [-0.05, 0) is 25.3 Å². The van der Waals surface area contributed by atoms with Crippen LogP contribution in [0.3, 0.4) is 0 Å². The Hall–Kier alpha value is -1.84. The molecule has 4 nitrogen and oxygen atoms in total. The first kappa shape index (κ1) is 14.2. The highest BCUT2D eigenvalue weighted by atomic mass is 16.5. The molecule has 1 rings (SSSR count). The number of carbonyl (C=O) groups is 2. The smallest absolute Gasteiger partial charge is 0.331 e. The van der Waals surface area contributed by atoms with Crippen molar-refractivity contribution in [3.63, 3.8) is 0 Å². The van der Waals surface area contributed by atoms with Crippen molar-refractivity contribution in [2.45, 2.75) is 26.2 Å². The lowest BCUT2D eigenvalue weighted by Crippen LogP contribution is -2.03. The lowest BCUT2D eigenvalue weighted by molar-refractivity contribution is -0.138. The first-order valence-electron chi connectivity index (χ1n) is 6.09. The van der Waals surface area contributed by atoms with E-state index >= 15 is 0 Å². The van der Waals surface area contributed by atoms with Crippen LogP contribution in [0.2, 0.25) is 0 Å². The van der Waals surface area contributed by atoms with Crippen molar-refractivity contribution in [2.75, 3.05) is 13.2 Å². The van der Waals surface area contributed by atoms with Crippen LogP contribution in [0.25, 0.3) is 0 Å². The van der Waals surface area contributed by atoms with Gasteiger partial charge in [-0.25, -0.2) is 9.59 Å². The minimum Gasteiger partial charge on any atom is -0.463 e. The van der Waals surface area contributed by atoms with Crippen molar-refractivity contribution in [3.05, 3.63) is 36.0 Å². The van der Waals surface area contributed by atoms with Crippen LogP contribution in [0, 0.1) is 0 Å². The lowest BCUT2D eigenvalue weighted by Gasteiger charge is -1.99. The van der Waals surface area contributed by atoms with Crippen LogP contribution in [-0.4, -0.2) is 25.2 Å². The molecule has 18 heavy (non-hydrogen) atoms. The highest BCUT2D eigenvalue weighted by Gasteiger charge is 2.03. The Morgan fingerprint density at radius 3 is 2.83 bits per heavy atom. The molecule has 0 saturated carbocycles. The number of ether oxygens (including phenoxy) is 2. The predicted octanol–water partition coefficient (Wildman–Crippen LogP) is 2.32. The molecule has 0 aromatic rings. The zero-order valence-corrected chi connectivity index (χ0v) is 10.6. The van der Waals surface area contributed by atoms with Crippen LogP contribution in [0.1, 0.15) is 26.2 Å². The Labute approximate surface area is 107 Å². The Balaban J connectivity index is 2.14. The average Bonchev–Trinajstić information content (AvgIpc) is 2.81. The molecule has 0 aromatic heterocycles. The molecule has 98 valence electrons. The third kappa shape index (κ3) is 6.03. The minimum atomic E-state index is -0.373. The van der Waals surface area contributed by atoms with Crippen molar-refractivity contribution < 1.29 is 19.1 Å². The molecular formula is C14H18O4. The summed E-state index contributed by atoms with van der Waals surface area (Å²) in [5.41, 5.74) is 1.00. The monoisotopic (exact) mass is 250 g/mol. The van der Waals surface area contributed by atoms with Crippen LogP contribution >= 0.6 is 0 Å². The molecule has 0 N–H and O–H groups in total. The predicted molar refractivity (Wildman–Crippen MR) is 67.8 cm³/mol. The summed E-state index contributed by atoms with van der Waals surface area (Å²) in [4.78, 5) is 22.3. The molecule has 1 aliphatic carbocycles. The normalized spacial score (nSPS) is 16.4. The molecule has 0 bridgehead atoms. The van der Waals surface area contributed by atoms with E-state index in [4.69, 9.17) is 9.47 Å². The number of allylic oxidation sites excluding steroid dienone is 3. The van der Waals surface area contributed by atoms with Gasteiger partial charge in [0.15, 0.2) is 0 Å². The quantitative estimate of drug-likeness (QED) is 0.412. The van der Waals surface area contributed by atoms with E-state index in [1.165, 1.54) is 12.2 Å². The van der Waals surface area contributed by atoms with Gasteiger partial charge in [0.2, 0.25) is 0 Å². The fourth-order valence-corrected chi connectivity index (χ4v) is 1.48. The first-order chi connectivity index (χ1) is 8.72. The van der Waals surface area contributed by atoms with E-state index in [2.05, 4.69) is 0 Å². The van der Waals surface area contributed by atoms with Crippen LogP contribution in [0.5, 0.6) is 0 Å². The van der Waals surface area contributed by atoms with E-state index in [9.17, 15) is 9.59 Å². The Bertz CT molecular complexity index is 377. The number of carbonyl (C=O) groups excluding carboxylic acids is 2. The number of hydrogen-bond acceptors (Lipinski definition) is 4. The second-order valence-corrected chi connectivity index (χ2v) is 3.77. The summed E-state index contributed by atoms with van der Waals surface area (Å²) in [6.45, 7) is 2.37. The molecule has 1 aliphatic rings. The van der Waals surface area contributed by atoms with Gasteiger partial charge >= 0.3 is 11.9 Å². The molecular weight excluding hydrogens is 232 g/mol. The molecule has 4 heteroatoms. The molecule has 0 saturated heterocycles. The van der Waals surface area contributed by atoms with E-state index in [0.29, 0.717) is 13.0 Å². The van der Waals surface area contributed by atoms with Gasteiger partial charge in [-0.1, -0.05) is 18.2 Å². The summed E-state index contributed by atoms with van der Waals surface area (Å²) >= 11 is 0. The SMILES string of the molecule is CCOC(=O)/C=C/CCOC(=O)/C=C1\C=CCC1. The van der Waals surface area contributed by atoms with Gasteiger partial charge in [-0.15, -0.1) is 0 Å². The summed E-state index contributed by atoms with van der Waals surface area (Å²) in [5, 5.41) is 0. The Morgan fingerprint density at radius 1 is 1.33 bits per heavy atom. The van der Waals surface area contributed by atoms with Crippen LogP contribution < -0.4 is 0 Å². The molecule has 0 unspecified atom stereocenters. The summed E-state index contributed by atoms with van der Waals surface area (Å²) in [5.74, 6) is -0.705. The van der Waals surface area contributed by atoms with E-state index in [1.54, 1.807) is 13.0 Å². The molecule has 0 atom stereocenters. The second-order valence-electron chi connectivity index (χ2n) is 3.77. The van der Waals surface area contributed by atoms with Crippen molar-refractivity contribution in [1.82, 2.24) is 0 Å². The first-order valence-corrected chi connectivity index (χ1v) is 6.09. The number of rotatable bonds is 6. The summed E-state index contributed by atoms with van der Waals surface area (Å²) < 4.78 is 9.70. The maximum atomic E-state index is 11.4. The zero-order valence-electron chi connectivity index (χ0n) is 10.6. The van der Waals surface area contributed by atoms with Gasteiger partial charge in [0, 0.05) is 18.6 Å². The van der Waals surface area contributed by atoms with E-state index < -0.39 is 0 Å². The molecule has 0 aromatic carbocycles. The van der Waals surface area contributed by atoms with Crippen molar-refractivity contribution in [3.8, 4) is 0 Å². The van der Waals surface area contributed by atoms with Gasteiger partial charge < -0.3 is 9.47 Å². The van der Waals surface area contributed by atoms with Crippen molar-refractivity contribution in [2.24, 2.45) is 0 Å². The van der Waals surface area contributed by atoms with Gasteiger partial charge in [0.1, 0.15) is 0 Å². The Morgan fingerprint density at radius 2 is 2.17 bits per heavy atom. The van der Waals surface area contributed by atoms with Crippen LogP contribution in [-0.2, 0) is 19.1 Å². The van der Waals surface area contributed by atoms with Gasteiger partial charge in [-0.3, -0.25) is 0 Å². The average molecular weight is 250 g/mol. The van der Waals surface area contributed by atoms with E-state index in [1.807, 2.05) is 12.2 Å². The second kappa shape index (κ2) is 8.28. The standard InChI is InChI=1S/C14H18O4/c1-2-17-13(15)9-5-6-10-18-14(16)11-12-7-3-4-8-12/h3,5,7,9,11H,2,4,6,8,10H2,1H3/b9-5+,12-11+. The van der Waals surface area contributed by atoms with E-state index in [0.717, 1.165) is 18.4 Å². The van der Waals surface area contributed by atoms with E-state index in [-0.39, 0.29) is 18.5 Å². The topological polar surface area (TPSA) is 52.6 Å². The molecule has 0 spiro atoms. The number of hydrogen-bond donors (Lipinski definition) is 0. The largest absolute Gasteiger partial charge is 0.463 e. The van der Waals surface area contributed by atoms with Crippen molar-refractivity contribution in [1.29, 1.82) is 0 Å². The minimum absolute atomic E-state index is 0.266. The summed E-state index contributed by atoms with van der Waals surface area (Å²) in [6, 6.07) is 0. The summed E-state index contributed by atoms with van der Waals surface area (Å²) in [6.07, 6.45) is 10.8. The van der Waals surface area contributed by atoms with Crippen LogP contribution in [0.15, 0.2) is 36.0 Å². The highest BCUT2D eigenvalue weighted by Crippen LogP contribution is 2.15. The maximum Gasteiger partial charge on any atom is 0.331 e. The molecule has 0 radical (unpaired) electrons. The molecule has 0 amide bonds. The third-order valence-corrected chi connectivity index (χ3v) is 2.30. The molecule has 0 aliphatic heterocycles. The van der Waals surface area contributed by atoms with Crippen molar-refractivity contribution >= 4 is 11.9 Å². The van der Waals surface area contributed by atoms with Crippen LogP contribution in [0.4, 0.5) is 0 Å². The molecule has 0 fully saturated rings. The zero-order chi connectivity index (χ0) is 13.2. The fourth-order valence-electron chi connectivity index (χ4n) is 1.48. The van der Waals surface area contributed by atoms with Gasteiger partial charge in [-0.2, -0.15) is 0 Å². The highest BCUT2D eigenvalue weighted by molar-refractivity contribution is 5.83. The molecule has 0 heterocycles. The summed E-state index contributed by atoms with van der Waals surface area (Å²) in [7, 11) is 0. The fraction of sp³-hybridized carbons (Fsp3) is 0.429. The number of esters is 2. The lowest BCUT2D eigenvalue weighted by atomic mass is 10.2. The third-order valence-electron chi connectivity index (χ3n) is 2.30. The Kier molecular flexibility index (Phi) is 6.54.